The Morgan fingerprint density at radius 3 is 2.47 bits per heavy atom. The van der Waals surface area contributed by atoms with E-state index in [9.17, 15) is 18.4 Å². The molecule has 0 fully saturated rings. The third-order valence-corrected chi connectivity index (χ3v) is 3.88. The van der Waals surface area contributed by atoms with Crippen LogP contribution in [0.3, 0.4) is 0 Å². The number of para-hydroxylation sites is 1. The highest BCUT2D eigenvalue weighted by Crippen LogP contribution is 2.21. The maximum atomic E-state index is 12.5. The summed E-state index contributed by atoms with van der Waals surface area (Å²) >= 11 is 0. The molecule has 1 aromatic heterocycles. The fraction of sp³-hybridized carbons (Fsp3) is 0.0455. The topological polar surface area (TPSA) is 80.3 Å². The molecular formula is C22H17F2N3O3. The number of rotatable bonds is 7. The lowest BCUT2D eigenvalue weighted by atomic mass is 10.1. The first kappa shape index (κ1) is 20.7. The van der Waals surface area contributed by atoms with Gasteiger partial charge in [0.25, 0.3) is 5.91 Å². The van der Waals surface area contributed by atoms with Gasteiger partial charge in [0.2, 0.25) is 5.91 Å². The van der Waals surface area contributed by atoms with Crippen LogP contribution in [-0.2, 0) is 4.79 Å². The lowest BCUT2D eigenvalue weighted by Crippen LogP contribution is -2.13. The molecule has 0 spiro atoms. The molecule has 0 aliphatic rings. The molecule has 2 aromatic carbocycles. The molecule has 0 aliphatic carbocycles. The van der Waals surface area contributed by atoms with Crippen LogP contribution in [0.4, 0.5) is 20.2 Å². The third-order valence-electron chi connectivity index (χ3n) is 3.88. The minimum Gasteiger partial charge on any atom is -0.434 e. The summed E-state index contributed by atoms with van der Waals surface area (Å²) in [5, 5.41) is 5.35. The van der Waals surface area contributed by atoms with Gasteiger partial charge in [-0.3, -0.25) is 14.6 Å². The summed E-state index contributed by atoms with van der Waals surface area (Å²) in [6.45, 7) is -2.96. The van der Waals surface area contributed by atoms with E-state index in [0.717, 1.165) is 0 Å². The summed E-state index contributed by atoms with van der Waals surface area (Å²) < 4.78 is 29.4. The van der Waals surface area contributed by atoms with Crippen LogP contribution in [0.5, 0.6) is 5.75 Å². The Kier molecular flexibility index (Phi) is 6.83. The molecule has 0 saturated heterocycles. The van der Waals surface area contributed by atoms with Crippen molar-refractivity contribution in [1.82, 2.24) is 4.98 Å². The first-order valence-electron chi connectivity index (χ1n) is 8.85. The molecule has 2 amide bonds. The molecule has 6 nitrogen and oxygen atoms in total. The summed E-state index contributed by atoms with van der Waals surface area (Å²) in [6, 6.07) is 15.8. The molecule has 3 aromatic rings. The van der Waals surface area contributed by atoms with Crippen LogP contribution in [0.25, 0.3) is 6.08 Å². The van der Waals surface area contributed by atoms with E-state index < -0.39 is 12.5 Å². The van der Waals surface area contributed by atoms with Gasteiger partial charge in [0.15, 0.2) is 0 Å². The zero-order valence-electron chi connectivity index (χ0n) is 15.6. The Hall–Kier alpha value is -4.07. The highest BCUT2D eigenvalue weighted by Gasteiger charge is 2.09. The van der Waals surface area contributed by atoms with E-state index in [2.05, 4.69) is 20.4 Å². The van der Waals surface area contributed by atoms with Gasteiger partial charge in [-0.2, -0.15) is 8.78 Å². The van der Waals surface area contributed by atoms with Crippen molar-refractivity contribution in [2.75, 3.05) is 10.6 Å². The molecule has 0 atom stereocenters. The lowest BCUT2D eigenvalue weighted by Gasteiger charge is -2.08. The number of hydrogen-bond acceptors (Lipinski definition) is 4. The molecule has 0 unspecified atom stereocenters. The largest absolute Gasteiger partial charge is 0.434 e. The van der Waals surface area contributed by atoms with Gasteiger partial charge in [-0.05, 0) is 42.5 Å². The van der Waals surface area contributed by atoms with Crippen LogP contribution >= 0.6 is 0 Å². The number of carbonyl (C=O) groups is 2. The van der Waals surface area contributed by atoms with Gasteiger partial charge in [0, 0.05) is 41.0 Å². The standard InChI is InChI=1S/C22H17F2N3O3/c23-22(24)30-19-7-2-1-4-15(19)8-9-20(28)26-18-6-3-5-16(14-18)21(29)27-17-10-12-25-13-11-17/h1-14,22H,(H,26,28)(H,25,27,29). The molecule has 3 rings (SSSR count). The average molecular weight is 409 g/mol. The SMILES string of the molecule is O=C(C=Cc1ccccc1OC(F)F)Nc1cccc(C(=O)Nc2ccncc2)c1. The number of alkyl halides is 2. The lowest BCUT2D eigenvalue weighted by molar-refractivity contribution is -0.111. The van der Waals surface area contributed by atoms with Crippen LogP contribution in [-0.4, -0.2) is 23.4 Å². The number of anilines is 2. The molecule has 1 heterocycles. The van der Waals surface area contributed by atoms with Crippen LogP contribution in [0.2, 0.25) is 0 Å². The molecule has 8 heteroatoms. The van der Waals surface area contributed by atoms with Gasteiger partial charge in [-0.1, -0.05) is 24.3 Å². The minimum absolute atomic E-state index is 0.0358. The quantitative estimate of drug-likeness (QED) is 0.560. The van der Waals surface area contributed by atoms with E-state index in [4.69, 9.17) is 0 Å². The molecule has 30 heavy (non-hydrogen) atoms. The van der Waals surface area contributed by atoms with Crippen molar-refractivity contribution in [3.63, 3.8) is 0 Å². The number of amides is 2. The van der Waals surface area contributed by atoms with Crippen molar-refractivity contribution >= 4 is 29.3 Å². The van der Waals surface area contributed by atoms with Gasteiger partial charge in [-0.25, -0.2) is 0 Å². The van der Waals surface area contributed by atoms with E-state index in [0.29, 0.717) is 22.5 Å². The van der Waals surface area contributed by atoms with Crippen molar-refractivity contribution in [3.05, 3.63) is 90.3 Å². The van der Waals surface area contributed by atoms with E-state index >= 15 is 0 Å². The number of aromatic nitrogens is 1. The van der Waals surface area contributed by atoms with Crippen LogP contribution in [0.1, 0.15) is 15.9 Å². The summed E-state index contributed by atoms with van der Waals surface area (Å²) in [5.74, 6) is -0.870. The van der Waals surface area contributed by atoms with E-state index in [1.165, 1.54) is 24.3 Å². The minimum atomic E-state index is -2.96. The summed E-state index contributed by atoms with van der Waals surface area (Å²) in [5.41, 5.74) is 1.68. The Labute approximate surface area is 171 Å². The number of ether oxygens (including phenoxy) is 1. The monoisotopic (exact) mass is 409 g/mol. The third kappa shape index (κ3) is 5.96. The average Bonchev–Trinajstić information content (AvgIpc) is 2.73. The van der Waals surface area contributed by atoms with E-state index in [-0.39, 0.29) is 11.7 Å². The van der Waals surface area contributed by atoms with Gasteiger partial charge in [0.1, 0.15) is 5.75 Å². The first-order valence-corrected chi connectivity index (χ1v) is 8.85. The fourth-order valence-electron chi connectivity index (χ4n) is 2.55. The number of hydrogen-bond donors (Lipinski definition) is 2. The molecule has 0 aliphatic heterocycles. The highest BCUT2D eigenvalue weighted by molar-refractivity contribution is 6.06. The molecule has 152 valence electrons. The molecule has 0 bridgehead atoms. The van der Waals surface area contributed by atoms with Crippen molar-refractivity contribution < 1.29 is 23.1 Å². The number of nitrogens with one attached hydrogen (secondary N) is 2. The predicted octanol–water partition coefficient (Wildman–Crippen LogP) is 4.59. The Bertz CT molecular complexity index is 1060. The number of halogens is 2. The van der Waals surface area contributed by atoms with E-state index in [1.54, 1.807) is 60.9 Å². The normalized spacial score (nSPS) is 10.8. The van der Waals surface area contributed by atoms with Gasteiger partial charge >= 0.3 is 6.61 Å². The van der Waals surface area contributed by atoms with Crippen molar-refractivity contribution in [1.29, 1.82) is 0 Å². The summed E-state index contributed by atoms with van der Waals surface area (Å²) in [4.78, 5) is 28.4. The van der Waals surface area contributed by atoms with Crippen molar-refractivity contribution in [2.24, 2.45) is 0 Å². The number of carbonyl (C=O) groups excluding carboxylic acids is 2. The van der Waals surface area contributed by atoms with Crippen molar-refractivity contribution in [2.45, 2.75) is 6.61 Å². The van der Waals surface area contributed by atoms with Gasteiger partial charge in [-0.15, -0.1) is 0 Å². The zero-order valence-corrected chi connectivity index (χ0v) is 15.6. The van der Waals surface area contributed by atoms with Gasteiger partial charge < -0.3 is 15.4 Å². The maximum absolute atomic E-state index is 12.5. The second kappa shape index (κ2) is 9.92. The Morgan fingerprint density at radius 2 is 1.70 bits per heavy atom. The molecule has 2 N–H and O–H groups in total. The number of benzene rings is 2. The number of pyridine rings is 1. The number of nitrogens with zero attached hydrogens (tertiary/aromatic N) is 1. The Balaban J connectivity index is 1.65. The molecule has 0 radical (unpaired) electrons. The van der Waals surface area contributed by atoms with Crippen LogP contribution < -0.4 is 15.4 Å². The van der Waals surface area contributed by atoms with E-state index in [1.807, 2.05) is 0 Å². The van der Waals surface area contributed by atoms with Crippen LogP contribution in [0, 0.1) is 0 Å². The molecule has 0 saturated carbocycles. The Morgan fingerprint density at radius 1 is 0.933 bits per heavy atom. The van der Waals surface area contributed by atoms with Crippen LogP contribution in [0.15, 0.2) is 79.1 Å². The summed E-state index contributed by atoms with van der Waals surface area (Å²) in [6.07, 6.45) is 5.68. The first-order chi connectivity index (χ1) is 14.5. The maximum Gasteiger partial charge on any atom is 0.387 e. The highest BCUT2D eigenvalue weighted by atomic mass is 19.3. The molecular weight excluding hydrogens is 392 g/mol. The summed E-state index contributed by atoms with van der Waals surface area (Å²) in [7, 11) is 0. The van der Waals surface area contributed by atoms with Gasteiger partial charge in [0.05, 0.1) is 0 Å². The second-order valence-corrected chi connectivity index (χ2v) is 6.01. The zero-order chi connectivity index (χ0) is 21.3. The fourth-order valence-corrected chi connectivity index (χ4v) is 2.55. The predicted molar refractivity (Wildman–Crippen MR) is 109 cm³/mol. The van der Waals surface area contributed by atoms with Crippen molar-refractivity contribution in [3.8, 4) is 5.75 Å². The second-order valence-electron chi connectivity index (χ2n) is 6.01. The smallest absolute Gasteiger partial charge is 0.387 e.